The van der Waals surface area contributed by atoms with E-state index in [1.807, 2.05) is 0 Å². The van der Waals surface area contributed by atoms with E-state index in [0.29, 0.717) is 5.54 Å². The molecule has 0 aromatic heterocycles. The smallest absolute Gasteiger partial charge is 0.0487 e. The summed E-state index contributed by atoms with van der Waals surface area (Å²) >= 11 is 0. The quantitative estimate of drug-likeness (QED) is 0.846. The van der Waals surface area contributed by atoms with Crippen LogP contribution in [-0.2, 0) is 0 Å². The molecular weight excluding hydrogens is 234 g/mol. The van der Waals surface area contributed by atoms with Crippen LogP contribution in [0.25, 0.3) is 0 Å². The fraction of sp³-hybridized carbons (Fsp3) is 1.00. The van der Waals surface area contributed by atoms with Crippen LogP contribution < -0.4 is 5.73 Å². The van der Waals surface area contributed by atoms with Crippen molar-refractivity contribution in [2.24, 2.45) is 17.6 Å². The zero-order chi connectivity index (χ0) is 13.3. The maximum absolute atomic E-state index is 6.31. The number of hydrogen-bond donors (Lipinski definition) is 1. The molecule has 0 aromatic carbocycles. The molecule has 110 valence electrons. The van der Waals surface area contributed by atoms with Gasteiger partial charge < -0.3 is 10.6 Å². The Balaban J connectivity index is 1.74. The Morgan fingerprint density at radius 1 is 1.05 bits per heavy atom. The van der Waals surface area contributed by atoms with Crippen LogP contribution in [0.2, 0.25) is 0 Å². The first-order valence-corrected chi connectivity index (χ1v) is 8.46. The Bertz CT molecular complexity index is 298. The highest BCUT2D eigenvalue weighted by Crippen LogP contribution is 2.40. The van der Waals surface area contributed by atoms with Gasteiger partial charge in [-0.25, -0.2) is 0 Å². The molecular formula is C16H31N3. The van der Waals surface area contributed by atoms with E-state index in [1.54, 1.807) is 0 Å². The molecule has 4 rings (SSSR count). The average Bonchev–Trinajstić information content (AvgIpc) is 2.74. The molecule has 4 aliphatic heterocycles. The summed E-state index contributed by atoms with van der Waals surface area (Å²) in [6.07, 6.45) is 8.33. The molecule has 4 saturated heterocycles. The van der Waals surface area contributed by atoms with Gasteiger partial charge in [0.05, 0.1) is 0 Å². The zero-order valence-corrected chi connectivity index (χ0v) is 12.6. The van der Waals surface area contributed by atoms with E-state index >= 15 is 0 Å². The van der Waals surface area contributed by atoms with Gasteiger partial charge in [0.15, 0.2) is 0 Å². The van der Waals surface area contributed by atoms with E-state index in [1.165, 1.54) is 71.2 Å². The summed E-state index contributed by atoms with van der Waals surface area (Å²) in [5.74, 6) is 1.82. The summed E-state index contributed by atoms with van der Waals surface area (Å²) in [5, 5.41) is 0. The molecule has 4 heterocycles. The minimum absolute atomic E-state index is 0.319. The normalized spacial score (nSPS) is 44.2. The predicted molar refractivity (Wildman–Crippen MR) is 80.2 cm³/mol. The van der Waals surface area contributed by atoms with Crippen molar-refractivity contribution in [1.82, 2.24) is 9.80 Å². The van der Waals surface area contributed by atoms with Crippen molar-refractivity contribution in [2.75, 3.05) is 39.3 Å². The molecule has 2 atom stereocenters. The van der Waals surface area contributed by atoms with Crippen LogP contribution in [0.3, 0.4) is 0 Å². The summed E-state index contributed by atoms with van der Waals surface area (Å²) in [6, 6.07) is 0. The Labute approximate surface area is 118 Å². The van der Waals surface area contributed by atoms with Gasteiger partial charge in [0.2, 0.25) is 0 Å². The monoisotopic (exact) mass is 265 g/mol. The fourth-order valence-corrected chi connectivity index (χ4v) is 4.88. The van der Waals surface area contributed by atoms with Crippen molar-refractivity contribution in [2.45, 2.75) is 51.0 Å². The highest BCUT2D eigenvalue weighted by Gasteiger charge is 2.49. The molecule has 0 spiro atoms. The van der Waals surface area contributed by atoms with Gasteiger partial charge in [-0.05, 0) is 70.1 Å². The second kappa shape index (κ2) is 5.71. The Morgan fingerprint density at radius 3 is 2.42 bits per heavy atom. The van der Waals surface area contributed by atoms with Gasteiger partial charge >= 0.3 is 0 Å². The second-order valence-electron chi connectivity index (χ2n) is 7.05. The standard InChI is InChI=1S/C16H31N3/c1-2-14-4-3-8-19(11-5-14)16(12-17)13-18-9-6-15(16)7-10-18/h14-15H,2-13,17H2,1H3. The molecule has 0 amide bonds. The van der Waals surface area contributed by atoms with E-state index < -0.39 is 0 Å². The zero-order valence-electron chi connectivity index (χ0n) is 12.6. The summed E-state index contributed by atoms with van der Waals surface area (Å²) in [6.45, 7) is 9.68. The van der Waals surface area contributed by atoms with Gasteiger partial charge in [-0.1, -0.05) is 13.3 Å². The van der Waals surface area contributed by atoms with E-state index in [2.05, 4.69) is 16.7 Å². The number of nitrogens with two attached hydrogens (primary N) is 1. The SMILES string of the molecule is CCC1CCCN(C2(CN)CN3CCC2CC3)CC1. The highest BCUT2D eigenvalue weighted by atomic mass is 15.3. The fourth-order valence-electron chi connectivity index (χ4n) is 4.88. The van der Waals surface area contributed by atoms with Crippen molar-refractivity contribution >= 4 is 0 Å². The third-order valence-electron chi connectivity index (χ3n) is 6.25. The maximum atomic E-state index is 6.31. The summed E-state index contributed by atoms with van der Waals surface area (Å²) in [7, 11) is 0. The molecule has 0 aliphatic carbocycles. The minimum atomic E-state index is 0.319. The first kappa shape index (κ1) is 13.8. The average molecular weight is 265 g/mol. The van der Waals surface area contributed by atoms with Crippen LogP contribution in [0.1, 0.15) is 45.4 Å². The molecule has 3 heteroatoms. The minimum Gasteiger partial charge on any atom is -0.329 e. The molecule has 2 bridgehead atoms. The lowest BCUT2D eigenvalue weighted by Gasteiger charge is -2.57. The lowest BCUT2D eigenvalue weighted by atomic mass is 9.71. The second-order valence-corrected chi connectivity index (χ2v) is 7.05. The Hall–Kier alpha value is -0.120. The molecule has 2 unspecified atom stereocenters. The number of fused-ring (bicyclic) bond motifs is 3. The summed E-state index contributed by atoms with van der Waals surface area (Å²) in [5.41, 5.74) is 6.62. The third-order valence-corrected chi connectivity index (χ3v) is 6.25. The molecule has 4 aliphatic rings. The van der Waals surface area contributed by atoms with Gasteiger partial charge in [-0.15, -0.1) is 0 Å². The number of piperidine rings is 3. The molecule has 0 aromatic rings. The van der Waals surface area contributed by atoms with E-state index in [-0.39, 0.29) is 0 Å². The Kier molecular flexibility index (Phi) is 4.16. The lowest BCUT2D eigenvalue weighted by molar-refractivity contribution is -0.0663. The number of hydrogen-bond acceptors (Lipinski definition) is 3. The molecule has 2 N–H and O–H groups in total. The van der Waals surface area contributed by atoms with E-state index in [0.717, 1.165) is 18.4 Å². The first-order valence-electron chi connectivity index (χ1n) is 8.46. The highest BCUT2D eigenvalue weighted by molar-refractivity contribution is 5.06. The largest absolute Gasteiger partial charge is 0.329 e. The van der Waals surface area contributed by atoms with Crippen LogP contribution in [0.15, 0.2) is 0 Å². The molecule has 0 saturated carbocycles. The summed E-state index contributed by atoms with van der Waals surface area (Å²) in [4.78, 5) is 5.47. The van der Waals surface area contributed by atoms with Crippen molar-refractivity contribution in [3.63, 3.8) is 0 Å². The Morgan fingerprint density at radius 2 is 1.84 bits per heavy atom. The lowest BCUT2D eigenvalue weighted by Crippen LogP contribution is -2.70. The molecule has 4 fully saturated rings. The molecule has 19 heavy (non-hydrogen) atoms. The summed E-state index contributed by atoms with van der Waals surface area (Å²) < 4.78 is 0. The number of rotatable bonds is 3. The van der Waals surface area contributed by atoms with Crippen LogP contribution >= 0.6 is 0 Å². The molecule has 0 radical (unpaired) electrons. The van der Waals surface area contributed by atoms with Crippen LogP contribution in [0.4, 0.5) is 0 Å². The maximum Gasteiger partial charge on any atom is 0.0487 e. The van der Waals surface area contributed by atoms with Crippen LogP contribution in [-0.4, -0.2) is 54.6 Å². The third kappa shape index (κ3) is 2.45. The van der Waals surface area contributed by atoms with Gasteiger partial charge in [-0.3, -0.25) is 4.90 Å². The van der Waals surface area contributed by atoms with Gasteiger partial charge in [0, 0.05) is 18.6 Å². The first-order chi connectivity index (χ1) is 9.28. The van der Waals surface area contributed by atoms with Crippen molar-refractivity contribution < 1.29 is 0 Å². The topological polar surface area (TPSA) is 32.5 Å². The van der Waals surface area contributed by atoms with Crippen LogP contribution in [0.5, 0.6) is 0 Å². The van der Waals surface area contributed by atoms with Crippen LogP contribution in [0, 0.1) is 11.8 Å². The predicted octanol–water partition coefficient (Wildman–Crippen LogP) is 1.92. The number of likely N-dealkylation sites (tertiary alicyclic amines) is 1. The van der Waals surface area contributed by atoms with Crippen molar-refractivity contribution in [1.29, 1.82) is 0 Å². The van der Waals surface area contributed by atoms with E-state index in [4.69, 9.17) is 5.73 Å². The van der Waals surface area contributed by atoms with Crippen molar-refractivity contribution in [3.05, 3.63) is 0 Å². The molecule has 3 nitrogen and oxygen atoms in total. The van der Waals surface area contributed by atoms with Gasteiger partial charge in [0.1, 0.15) is 0 Å². The van der Waals surface area contributed by atoms with Gasteiger partial charge in [0.25, 0.3) is 0 Å². The van der Waals surface area contributed by atoms with E-state index in [9.17, 15) is 0 Å². The van der Waals surface area contributed by atoms with Crippen molar-refractivity contribution in [3.8, 4) is 0 Å². The van der Waals surface area contributed by atoms with Gasteiger partial charge in [-0.2, -0.15) is 0 Å². The number of nitrogens with zero attached hydrogens (tertiary/aromatic N) is 2.